The largest absolute Gasteiger partial charge is 0.384 e. The second kappa shape index (κ2) is 8.71. The molecule has 0 saturated carbocycles. The monoisotopic (exact) mass is 309 g/mol. The van der Waals surface area contributed by atoms with Gasteiger partial charge in [-0.3, -0.25) is 4.79 Å². The molecule has 0 aliphatic rings. The van der Waals surface area contributed by atoms with Gasteiger partial charge in [0.25, 0.3) is 5.91 Å². The zero-order chi connectivity index (χ0) is 15.8. The van der Waals surface area contributed by atoms with Crippen molar-refractivity contribution in [1.29, 1.82) is 0 Å². The van der Waals surface area contributed by atoms with E-state index in [1.807, 2.05) is 13.2 Å². The number of halogens is 1. The zero-order valence-corrected chi connectivity index (χ0v) is 13.3. The Morgan fingerprint density at radius 3 is 2.86 bits per heavy atom. The molecule has 0 spiro atoms. The van der Waals surface area contributed by atoms with Gasteiger partial charge in [-0.25, -0.2) is 4.39 Å². The SMILES string of the molecule is CSCCC(C)N(C)C(=O)c1ccc(F)cc1C#CCO. The summed E-state index contributed by atoms with van der Waals surface area (Å²) in [5, 5.41) is 8.76. The third-order valence-electron chi connectivity index (χ3n) is 3.24. The molecule has 0 radical (unpaired) electrons. The van der Waals surface area contributed by atoms with Crippen molar-refractivity contribution in [2.24, 2.45) is 0 Å². The molecule has 0 aliphatic carbocycles. The van der Waals surface area contributed by atoms with Crippen molar-refractivity contribution in [1.82, 2.24) is 4.90 Å². The van der Waals surface area contributed by atoms with E-state index in [0.29, 0.717) is 11.1 Å². The first-order valence-electron chi connectivity index (χ1n) is 6.66. The van der Waals surface area contributed by atoms with E-state index in [2.05, 4.69) is 11.8 Å². The van der Waals surface area contributed by atoms with Gasteiger partial charge in [0.05, 0.1) is 5.56 Å². The average molecular weight is 309 g/mol. The van der Waals surface area contributed by atoms with Crippen LogP contribution in [0.5, 0.6) is 0 Å². The molecule has 1 amide bonds. The Balaban J connectivity index is 3.00. The molecule has 1 unspecified atom stereocenters. The van der Waals surface area contributed by atoms with Crippen LogP contribution in [0.1, 0.15) is 29.3 Å². The number of benzene rings is 1. The quantitative estimate of drug-likeness (QED) is 0.849. The van der Waals surface area contributed by atoms with E-state index in [1.54, 1.807) is 23.7 Å². The van der Waals surface area contributed by atoms with Gasteiger partial charge >= 0.3 is 0 Å². The lowest BCUT2D eigenvalue weighted by molar-refractivity contribution is 0.0741. The predicted octanol–water partition coefficient (Wildman–Crippen LogP) is 2.38. The number of thioether (sulfide) groups is 1. The maximum absolute atomic E-state index is 13.3. The van der Waals surface area contributed by atoms with Crippen LogP contribution in [0.25, 0.3) is 0 Å². The first-order chi connectivity index (χ1) is 10.0. The van der Waals surface area contributed by atoms with Crippen molar-refractivity contribution >= 4 is 17.7 Å². The van der Waals surface area contributed by atoms with Crippen molar-refractivity contribution in [2.45, 2.75) is 19.4 Å². The van der Waals surface area contributed by atoms with E-state index in [1.165, 1.54) is 18.2 Å². The third-order valence-corrected chi connectivity index (χ3v) is 3.88. The highest BCUT2D eigenvalue weighted by atomic mass is 32.2. The van der Waals surface area contributed by atoms with Crippen LogP contribution in [0.4, 0.5) is 4.39 Å². The molecule has 21 heavy (non-hydrogen) atoms. The number of carbonyl (C=O) groups is 1. The van der Waals surface area contributed by atoms with Crippen molar-refractivity contribution < 1.29 is 14.3 Å². The minimum Gasteiger partial charge on any atom is -0.384 e. The Morgan fingerprint density at radius 1 is 1.52 bits per heavy atom. The Morgan fingerprint density at radius 2 is 2.24 bits per heavy atom. The highest BCUT2D eigenvalue weighted by Gasteiger charge is 2.19. The number of hydrogen-bond donors (Lipinski definition) is 1. The van der Waals surface area contributed by atoms with Gasteiger partial charge in [-0.2, -0.15) is 11.8 Å². The van der Waals surface area contributed by atoms with Crippen molar-refractivity contribution in [3.05, 3.63) is 35.1 Å². The highest BCUT2D eigenvalue weighted by Crippen LogP contribution is 2.15. The Labute approximate surface area is 129 Å². The van der Waals surface area contributed by atoms with Crippen molar-refractivity contribution in [2.75, 3.05) is 25.7 Å². The van der Waals surface area contributed by atoms with Crippen LogP contribution in [0.2, 0.25) is 0 Å². The van der Waals surface area contributed by atoms with E-state index in [-0.39, 0.29) is 18.6 Å². The number of amides is 1. The lowest BCUT2D eigenvalue weighted by atomic mass is 10.1. The molecule has 114 valence electrons. The summed E-state index contributed by atoms with van der Waals surface area (Å²) in [5.41, 5.74) is 0.661. The molecule has 3 nitrogen and oxygen atoms in total. The Bertz CT molecular complexity index is 551. The number of rotatable bonds is 5. The summed E-state index contributed by atoms with van der Waals surface area (Å²) >= 11 is 1.73. The van der Waals surface area contributed by atoms with Gasteiger partial charge in [0.1, 0.15) is 12.4 Å². The lowest BCUT2D eigenvalue weighted by Crippen LogP contribution is -2.35. The number of carbonyl (C=O) groups excluding carboxylic acids is 1. The molecule has 1 aromatic carbocycles. The van der Waals surface area contributed by atoms with Gasteiger partial charge < -0.3 is 10.0 Å². The maximum Gasteiger partial charge on any atom is 0.255 e. The first kappa shape index (κ1) is 17.5. The molecule has 1 atom stereocenters. The van der Waals surface area contributed by atoms with Gasteiger partial charge in [-0.05, 0) is 43.6 Å². The Kier molecular flexibility index (Phi) is 7.27. The van der Waals surface area contributed by atoms with E-state index < -0.39 is 5.82 Å². The fraction of sp³-hybridized carbons (Fsp3) is 0.438. The summed E-state index contributed by atoms with van der Waals surface area (Å²) < 4.78 is 13.3. The van der Waals surface area contributed by atoms with Gasteiger partial charge in [0.15, 0.2) is 0 Å². The highest BCUT2D eigenvalue weighted by molar-refractivity contribution is 7.98. The van der Waals surface area contributed by atoms with Crippen LogP contribution in [0, 0.1) is 17.7 Å². The van der Waals surface area contributed by atoms with Crippen LogP contribution in [-0.4, -0.2) is 47.6 Å². The fourth-order valence-corrected chi connectivity index (χ4v) is 2.39. The van der Waals surface area contributed by atoms with E-state index >= 15 is 0 Å². The molecule has 0 aliphatic heterocycles. The van der Waals surface area contributed by atoms with E-state index in [9.17, 15) is 9.18 Å². The van der Waals surface area contributed by atoms with Crippen molar-refractivity contribution in [3.8, 4) is 11.8 Å². The lowest BCUT2D eigenvalue weighted by Gasteiger charge is -2.25. The molecule has 0 heterocycles. The first-order valence-corrected chi connectivity index (χ1v) is 8.06. The number of aliphatic hydroxyl groups is 1. The van der Waals surface area contributed by atoms with Crippen LogP contribution >= 0.6 is 11.8 Å². The minimum absolute atomic E-state index is 0.0913. The van der Waals surface area contributed by atoms with Crippen LogP contribution in [0.3, 0.4) is 0 Å². The summed E-state index contributed by atoms with van der Waals surface area (Å²) in [5.74, 6) is 5.41. The zero-order valence-electron chi connectivity index (χ0n) is 12.5. The smallest absolute Gasteiger partial charge is 0.255 e. The van der Waals surface area contributed by atoms with E-state index in [4.69, 9.17) is 5.11 Å². The summed E-state index contributed by atoms with van der Waals surface area (Å²) in [7, 11) is 1.74. The molecule has 0 bridgehead atoms. The molecule has 5 heteroatoms. The second-order valence-electron chi connectivity index (χ2n) is 4.70. The van der Waals surface area contributed by atoms with Crippen LogP contribution in [0.15, 0.2) is 18.2 Å². The predicted molar refractivity (Wildman–Crippen MR) is 84.9 cm³/mol. The van der Waals surface area contributed by atoms with Crippen LogP contribution in [-0.2, 0) is 0 Å². The number of nitrogens with zero attached hydrogens (tertiary/aromatic N) is 1. The topological polar surface area (TPSA) is 40.5 Å². The second-order valence-corrected chi connectivity index (χ2v) is 5.68. The van der Waals surface area contributed by atoms with Gasteiger partial charge in [-0.15, -0.1) is 0 Å². The fourth-order valence-electron chi connectivity index (χ4n) is 1.81. The molecule has 0 aromatic heterocycles. The standard InChI is InChI=1S/C16H20FNO2S/c1-12(8-10-21-3)18(2)16(20)15-7-6-14(17)11-13(15)5-4-9-19/h6-7,11-12,19H,8-10H2,1-3H3. The molecule has 0 fully saturated rings. The molecule has 1 N–H and O–H groups in total. The number of aliphatic hydroxyl groups excluding tert-OH is 1. The maximum atomic E-state index is 13.3. The summed E-state index contributed by atoms with van der Waals surface area (Å²) in [6.07, 6.45) is 2.92. The molecule has 0 saturated heterocycles. The van der Waals surface area contributed by atoms with Crippen LogP contribution < -0.4 is 0 Å². The molecular formula is C16H20FNO2S. The van der Waals surface area contributed by atoms with Gasteiger partial charge in [0.2, 0.25) is 0 Å². The van der Waals surface area contributed by atoms with Gasteiger partial charge in [-0.1, -0.05) is 11.8 Å². The average Bonchev–Trinajstić information content (AvgIpc) is 2.49. The summed E-state index contributed by atoms with van der Waals surface area (Å²) in [6, 6.07) is 4.00. The number of hydrogen-bond acceptors (Lipinski definition) is 3. The van der Waals surface area contributed by atoms with Gasteiger partial charge in [0, 0.05) is 18.7 Å². The minimum atomic E-state index is -0.452. The molecule has 1 aromatic rings. The normalized spacial score (nSPS) is 11.5. The summed E-state index contributed by atoms with van der Waals surface area (Å²) in [6.45, 7) is 1.65. The molecular weight excluding hydrogens is 289 g/mol. The van der Waals surface area contributed by atoms with E-state index in [0.717, 1.165) is 12.2 Å². The third kappa shape index (κ3) is 5.07. The van der Waals surface area contributed by atoms with Crippen molar-refractivity contribution in [3.63, 3.8) is 0 Å². The Hall–Kier alpha value is -1.51. The molecule has 1 rings (SSSR count). The summed E-state index contributed by atoms with van der Waals surface area (Å²) in [4.78, 5) is 14.2.